The molecule has 1 aromatic rings. The van der Waals surface area contributed by atoms with E-state index < -0.39 is 11.7 Å². The minimum atomic E-state index is -0.663. The zero-order valence-corrected chi connectivity index (χ0v) is 5.67. The predicted molar refractivity (Wildman–Crippen MR) is 39.3 cm³/mol. The number of hydrogen-bond acceptors (Lipinski definition) is 2. The molecule has 4 heteroatoms. The third kappa shape index (κ3) is 1.46. The fourth-order valence-electron chi connectivity index (χ4n) is 0.680. The number of halogens is 1. The molecule has 1 rings (SSSR count). The summed E-state index contributed by atoms with van der Waals surface area (Å²) in [6.07, 6.45) is 0. The third-order valence-electron chi connectivity index (χ3n) is 1.28. The van der Waals surface area contributed by atoms with Crippen molar-refractivity contribution in [3.63, 3.8) is 0 Å². The van der Waals surface area contributed by atoms with Crippen LogP contribution in [0.15, 0.2) is 18.2 Å². The summed E-state index contributed by atoms with van der Waals surface area (Å²) in [6, 6.07) is 3.69. The van der Waals surface area contributed by atoms with Crippen molar-refractivity contribution in [3.8, 4) is 0 Å². The van der Waals surface area contributed by atoms with E-state index in [-0.39, 0.29) is 11.3 Å². The molecule has 0 aromatic heterocycles. The van der Waals surface area contributed by atoms with Crippen LogP contribution in [0.1, 0.15) is 10.4 Å². The van der Waals surface area contributed by atoms with Gasteiger partial charge in [-0.15, -0.1) is 0 Å². The lowest BCUT2D eigenvalue weighted by Gasteiger charge is -1.97. The van der Waals surface area contributed by atoms with E-state index in [1.54, 1.807) is 0 Å². The molecular weight excluding hydrogens is 147 g/mol. The van der Waals surface area contributed by atoms with Crippen molar-refractivity contribution in [1.82, 2.24) is 0 Å². The second-order valence-corrected chi connectivity index (χ2v) is 2.10. The molecule has 0 saturated carbocycles. The summed E-state index contributed by atoms with van der Waals surface area (Å²) in [6.45, 7) is 0. The van der Waals surface area contributed by atoms with Crippen molar-refractivity contribution in [2.75, 3.05) is 5.73 Å². The van der Waals surface area contributed by atoms with E-state index >= 15 is 0 Å². The van der Waals surface area contributed by atoms with Gasteiger partial charge in [0, 0.05) is 5.56 Å². The van der Waals surface area contributed by atoms with Crippen LogP contribution in [0.5, 0.6) is 0 Å². The third-order valence-corrected chi connectivity index (χ3v) is 1.28. The van der Waals surface area contributed by atoms with Crippen LogP contribution in [0.25, 0.3) is 0 Å². The van der Waals surface area contributed by atoms with Gasteiger partial charge in [-0.1, -0.05) is 0 Å². The monoisotopic (exact) mass is 154 g/mol. The van der Waals surface area contributed by atoms with Crippen molar-refractivity contribution in [2.24, 2.45) is 5.73 Å². The van der Waals surface area contributed by atoms with Gasteiger partial charge in [0.2, 0.25) is 5.91 Å². The van der Waals surface area contributed by atoms with Crippen molar-refractivity contribution in [3.05, 3.63) is 29.6 Å². The van der Waals surface area contributed by atoms with Crippen LogP contribution in [-0.4, -0.2) is 5.91 Å². The molecule has 58 valence electrons. The molecule has 3 nitrogen and oxygen atoms in total. The topological polar surface area (TPSA) is 69.1 Å². The van der Waals surface area contributed by atoms with Crippen LogP contribution in [0.4, 0.5) is 10.1 Å². The normalized spacial score (nSPS) is 9.55. The first-order chi connectivity index (χ1) is 5.11. The van der Waals surface area contributed by atoms with E-state index in [0.29, 0.717) is 0 Å². The molecule has 0 radical (unpaired) electrons. The summed E-state index contributed by atoms with van der Waals surface area (Å²) in [7, 11) is 0. The maximum absolute atomic E-state index is 12.6. The van der Waals surface area contributed by atoms with Gasteiger partial charge in [-0.25, -0.2) is 4.39 Å². The maximum Gasteiger partial charge on any atom is 0.248 e. The van der Waals surface area contributed by atoms with Gasteiger partial charge in [0.1, 0.15) is 5.82 Å². The average molecular weight is 154 g/mol. The Hall–Kier alpha value is -1.58. The number of nitrogen functional groups attached to an aromatic ring is 1. The zero-order chi connectivity index (χ0) is 8.43. The van der Waals surface area contributed by atoms with Crippen molar-refractivity contribution >= 4 is 11.6 Å². The molecule has 0 bridgehead atoms. The molecule has 1 aromatic carbocycles. The van der Waals surface area contributed by atoms with Crippen molar-refractivity contribution in [1.29, 1.82) is 0 Å². The molecule has 0 heterocycles. The van der Waals surface area contributed by atoms with Gasteiger partial charge in [0.25, 0.3) is 0 Å². The number of rotatable bonds is 1. The molecule has 0 aliphatic heterocycles. The molecule has 0 aliphatic carbocycles. The van der Waals surface area contributed by atoms with Gasteiger partial charge in [-0.2, -0.15) is 0 Å². The smallest absolute Gasteiger partial charge is 0.248 e. The van der Waals surface area contributed by atoms with E-state index in [9.17, 15) is 9.18 Å². The highest BCUT2D eigenvalue weighted by Crippen LogP contribution is 2.10. The van der Waals surface area contributed by atoms with Crippen molar-refractivity contribution < 1.29 is 9.18 Å². The Morgan fingerprint density at radius 1 is 1.45 bits per heavy atom. The van der Waals surface area contributed by atoms with Crippen LogP contribution in [-0.2, 0) is 0 Å². The van der Waals surface area contributed by atoms with E-state index in [2.05, 4.69) is 0 Å². The molecule has 0 fully saturated rings. The van der Waals surface area contributed by atoms with E-state index in [0.717, 1.165) is 6.07 Å². The number of amides is 1. The number of nitrogens with two attached hydrogens (primary N) is 2. The van der Waals surface area contributed by atoms with Crippen LogP contribution in [0.2, 0.25) is 0 Å². The quantitative estimate of drug-likeness (QED) is 0.578. The largest absolute Gasteiger partial charge is 0.396 e. The average Bonchev–Trinajstić information content (AvgIpc) is 1.94. The summed E-state index contributed by atoms with van der Waals surface area (Å²) in [5, 5.41) is 0. The molecule has 0 unspecified atom stereocenters. The first-order valence-corrected chi connectivity index (χ1v) is 2.96. The van der Waals surface area contributed by atoms with Gasteiger partial charge in [-0.3, -0.25) is 4.79 Å². The van der Waals surface area contributed by atoms with Gasteiger partial charge >= 0.3 is 0 Å². The van der Waals surface area contributed by atoms with Gasteiger partial charge in [0.05, 0.1) is 5.69 Å². The standard InChI is InChI=1S/C7H7FN2O/c8-5-3-4(7(10)11)1-2-6(5)9/h1-3H,9H2,(H2,10,11). The molecular formula is C7H7FN2O. The Labute approximate surface area is 62.8 Å². The molecule has 1 amide bonds. The summed E-state index contributed by atoms with van der Waals surface area (Å²) in [5.74, 6) is -1.29. The Kier molecular flexibility index (Phi) is 1.76. The SMILES string of the molecule is NC(=O)c1ccc(N)c(F)c1. The molecule has 11 heavy (non-hydrogen) atoms. The first kappa shape index (κ1) is 7.53. The lowest BCUT2D eigenvalue weighted by atomic mass is 10.2. The van der Waals surface area contributed by atoms with E-state index in [1.165, 1.54) is 12.1 Å². The molecule has 0 aliphatic rings. The van der Waals surface area contributed by atoms with Crippen LogP contribution in [0.3, 0.4) is 0 Å². The van der Waals surface area contributed by atoms with Gasteiger partial charge in [-0.05, 0) is 18.2 Å². The predicted octanol–water partition coefficient (Wildman–Crippen LogP) is 0.507. The Morgan fingerprint density at radius 2 is 2.09 bits per heavy atom. The Bertz CT molecular complexity index is 298. The minimum Gasteiger partial charge on any atom is -0.396 e. The summed E-state index contributed by atoms with van der Waals surface area (Å²) in [5.41, 5.74) is 10.2. The van der Waals surface area contributed by atoms with E-state index in [4.69, 9.17) is 11.5 Å². The maximum atomic E-state index is 12.6. The molecule has 0 saturated heterocycles. The van der Waals surface area contributed by atoms with Crippen LogP contribution in [0, 0.1) is 5.82 Å². The minimum absolute atomic E-state index is 0.00926. The highest BCUT2D eigenvalue weighted by Gasteiger charge is 2.03. The second kappa shape index (κ2) is 2.57. The highest BCUT2D eigenvalue weighted by molar-refractivity contribution is 5.93. The molecule has 0 spiro atoms. The number of carbonyl (C=O) groups excluding carboxylic acids is 1. The molecule has 4 N–H and O–H groups in total. The Morgan fingerprint density at radius 3 is 2.55 bits per heavy atom. The first-order valence-electron chi connectivity index (χ1n) is 2.96. The summed E-state index contributed by atoms with van der Waals surface area (Å²) < 4.78 is 12.6. The highest BCUT2D eigenvalue weighted by atomic mass is 19.1. The summed E-state index contributed by atoms with van der Waals surface area (Å²) >= 11 is 0. The lowest BCUT2D eigenvalue weighted by molar-refractivity contribution is 0.1000. The van der Waals surface area contributed by atoms with Crippen LogP contribution < -0.4 is 11.5 Å². The fraction of sp³-hybridized carbons (Fsp3) is 0. The number of benzene rings is 1. The van der Waals surface area contributed by atoms with Gasteiger partial charge in [0.15, 0.2) is 0 Å². The lowest BCUT2D eigenvalue weighted by Crippen LogP contribution is -2.11. The number of carbonyl (C=O) groups is 1. The Balaban J connectivity index is 3.15. The number of primary amides is 1. The van der Waals surface area contributed by atoms with Crippen LogP contribution >= 0.6 is 0 Å². The van der Waals surface area contributed by atoms with Gasteiger partial charge < -0.3 is 11.5 Å². The number of hydrogen-bond donors (Lipinski definition) is 2. The van der Waals surface area contributed by atoms with Crippen molar-refractivity contribution in [2.45, 2.75) is 0 Å². The molecule has 0 atom stereocenters. The second-order valence-electron chi connectivity index (χ2n) is 2.10. The number of anilines is 1. The summed E-state index contributed by atoms with van der Waals surface area (Å²) in [4.78, 5) is 10.5. The zero-order valence-electron chi connectivity index (χ0n) is 5.67. The fourth-order valence-corrected chi connectivity index (χ4v) is 0.680. The van der Waals surface area contributed by atoms with E-state index in [1.807, 2.05) is 0 Å².